The molecule has 0 aromatic carbocycles. The molecule has 0 saturated carbocycles. The second kappa shape index (κ2) is 24.0. The molecule has 0 aliphatic heterocycles. The van der Waals surface area contributed by atoms with E-state index in [4.69, 9.17) is 10.9 Å². The summed E-state index contributed by atoms with van der Waals surface area (Å²) in [7, 11) is 0. The number of amides is 5. The van der Waals surface area contributed by atoms with Crippen LogP contribution in [0.1, 0.15) is 77.6 Å². The van der Waals surface area contributed by atoms with Gasteiger partial charge in [-0.2, -0.15) is 4.39 Å². The van der Waals surface area contributed by atoms with E-state index in [1.807, 2.05) is 5.43 Å². The summed E-state index contributed by atoms with van der Waals surface area (Å²) in [6.07, 6.45) is -2.78. The van der Waals surface area contributed by atoms with E-state index in [1.165, 1.54) is 0 Å². The number of unbranched alkanes of at least 4 members (excludes halogenated alkanes) is 1. The molecule has 0 aromatic rings. The molecule has 5 unspecified atom stereocenters. The Morgan fingerprint density at radius 2 is 0.860 bits per heavy atom. The number of carbonyl (C=O) groups is 10. The Balaban J connectivity index is 4.79. The maximum Gasteiger partial charge on any atom is 0.326 e. The molecule has 0 radical (unpaired) electrons. The topological polar surface area (TPSA) is 350 Å². The maximum absolute atomic E-state index is 12.7. The van der Waals surface area contributed by atoms with Crippen molar-refractivity contribution in [2.75, 3.05) is 6.54 Å². The first kappa shape index (κ1) is 44.8. The van der Waals surface area contributed by atoms with Crippen LogP contribution in [-0.2, 0) is 47.9 Å². The van der Waals surface area contributed by atoms with Crippen molar-refractivity contribution in [3.05, 3.63) is 0 Å². The smallest absolute Gasteiger partial charge is 0.326 e. The van der Waals surface area contributed by atoms with Gasteiger partial charge in [0.15, 0.2) is 0 Å². The number of aliphatic carboxylic acids is 4. The third kappa shape index (κ3) is 20.2. The average molecular weight is 722 g/mol. The summed E-state index contributed by atoms with van der Waals surface area (Å²) >= 11 is 0. The fraction of sp³-hybridized carbons (Fsp3) is 0.643. The monoisotopic (exact) mass is 721 g/mol. The molecule has 0 aromatic heterocycles. The zero-order chi connectivity index (χ0) is 38.4. The van der Waals surface area contributed by atoms with Crippen molar-refractivity contribution in [2.45, 2.75) is 108 Å². The van der Waals surface area contributed by atoms with E-state index < -0.39 is 122 Å². The van der Waals surface area contributed by atoms with Crippen molar-refractivity contribution in [1.29, 1.82) is 0 Å². The van der Waals surface area contributed by atoms with Crippen LogP contribution in [0.15, 0.2) is 0 Å². The molecule has 21 nitrogen and oxygen atoms in total. The van der Waals surface area contributed by atoms with E-state index in [1.54, 1.807) is 0 Å². The van der Waals surface area contributed by atoms with E-state index in [-0.39, 0.29) is 32.2 Å². The lowest BCUT2D eigenvalue weighted by Gasteiger charge is -2.18. The van der Waals surface area contributed by atoms with Gasteiger partial charge in [-0.25, -0.2) is 24.6 Å². The first-order valence-electron chi connectivity index (χ1n) is 15.4. The first-order valence-corrected chi connectivity index (χ1v) is 15.4. The predicted molar refractivity (Wildman–Crippen MR) is 165 cm³/mol. The van der Waals surface area contributed by atoms with Crippen LogP contribution in [0.2, 0.25) is 0 Å². The van der Waals surface area contributed by atoms with Crippen LogP contribution < -0.4 is 37.9 Å². The molecule has 22 heteroatoms. The fourth-order valence-corrected chi connectivity index (χ4v) is 4.23. The summed E-state index contributed by atoms with van der Waals surface area (Å²) < 4.78 is 12.7. The molecular formula is C28H44FN7O14. The predicted octanol–water partition coefficient (Wildman–Crippen LogP) is -2.98. The largest absolute Gasteiger partial charge is 0.480 e. The molecule has 50 heavy (non-hydrogen) atoms. The highest BCUT2D eigenvalue weighted by Crippen LogP contribution is 2.07. The van der Waals surface area contributed by atoms with Gasteiger partial charge in [-0.05, 0) is 44.9 Å². The number of hydrogen-bond acceptors (Lipinski definition) is 12. The Bertz CT molecular complexity index is 1250. The molecule has 0 bridgehead atoms. The van der Waals surface area contributed by atoms with Crippen LogP contribution in [0.5, 0.6) is 0 Å². The van der Waals surface area contributed by atoms with Crippen molar-refractivity contribution in [3.8, 4) is 0 Å². The van der Waals surface area contributed by atoms with Gasteiger partial charge in [0.25, 0.3) is 0 Å². The average Bonchev–Trinajstić information content (AvgIpc) is 3.02. The molecule has 5 atom stereocenters. The summed E-state index contributed by atoms with van der Waals surface area (Å²) in [4.78, 5) is 117. The zero-order valence-electron chi connectivity index (χ0n) is 27.2. The molecule has 0 rings (SSSR count). The third-order valence-electron chi connectivity index (χ3n) is 6.93. The quantitative estimate of drug-likeness (QED) is 0.0174. The highest BCUT2D eigenvalue weighted by atomic mass is 19.1. The lowest BCUT2D eigenvalue weighted by atomic mass is 10.1. The minimum absolute atomic E-state index is 0.0923. The molecule has 0 aliphatic carbocycles. The van der Waals surface area contributed by atoms with Crippen molar-refractivity contribution in [3.63, 3.8) is 0 Å². The number of carboxylic acid groups (broad SMARTS) is 4. The number of hydrazine groups is 1. The first-order chi connectivity index (χ1) is 23.4. The van der Waals surface area contributed by atoms with E-state index >= 15 is 0 Å². The van der Waals surface area contributed by atoms with Crippen LogP contribution >= 0.6 is 0 Å². The summed E-state index contributed by atoms with van der Waals surface area (Å²) in [6, 6.07) is -8.94. The van der Waals surface area contributed by atoms with E-state index in [9.17, 15) is 67.7 Å². The number of nitrogens with two attached hydrogens (primary N) is 1. The second-order valence-electron chi connectivity index (χ2n) is 11.0. The summed E-state index contributed by atoms with van der Waals surface area (Å²) in [5.41, 5.74) is 2.02. The second-order valence-corrected chi connectivity index (χ2v) is 11.0. The fourth-order valence-electron chi connectivity index (χ4n) is 4.23. The van der Waals surface area contributed by atoms with Crippen LogP contribution in [0.4, 0.5) is 4.39 Å². The van der Waals surface area contributed by atoms with Gasteiger partial charge in [0, 0.05) is 39.2 Å². The number of carboxylic acids is 4. The Kier molecular flexibility index (Phi) is 21.5. The Hall–Kier alpha value is -5.25. The van der Waals surface area contributed by atoms with Crippen molar-refractivity contribution in [1.82, 2.24) is 32.0 Å². The normalized spacial score (nSPS) is 13.7. The van der Waals surface area contributed by atoms with Crippen LogP contribution in [0.25, 0.3) is 0 Å². The van der Waals surface area contributed by atoms with Gasteiger partial charge >= 0.3 is 29.9 Å². The Morgan fingerprint density at radius 3 is 1.16 bits per heavy atom. The number of hydrogen-bond donors (Lipinski definition) is 11. The van der Waals surface area contributed by atoms with Crippen LogP contribution in [0.3, 0.4) is 0 Å². The highest BCUT2D eigenvalue weighted by Gasteiger charge is 2.27. The SMILES string of the molecule is CC(=O)NC(CCC(=O)NC(CCC(=O)NC(CCC(=O)NC(CCC(=O)NCCCCC(NN)C(=O)F)C(=O)O)C(=O)O)C(=O)O)C(=O)O. The van der Waals surface area contributed by atoms with Gasteiger partial charge in [0.2, 0.25) is 29.5 Å². The zero-order valence-corrected chi connectivity index (χ0v) is 27.2. The Labute approximate surface area is 284 Å². The molecule has 0 heterocycles. The highest BCUT2D eigenvalue weighted by molar-refractivity contribution is 5.88. The lowest BCUT2D eigenvalue weighted by molar-refractivity contribution is -0.144. The third-order valence-corrected chi connectivity index (χ3v) is 6.93. The van der Waals surface area contributed by atoms with E-state index in [0.717, 1.165) is 6.92 Å². The molecule has 0 saturated heterocycles. The Morgan fingerprint density at radius 1 is 0.520 bits per heavy atom. The summed E-state index contributed by atoms with van der Waals surface area (Å²) in [5, 5.41) is 48.3. The van der Waals surface area contributed by atoms with Gasteiger partial charge in [0.05, 0.1) is 0 Å². The van der Waals surface area contributed by atoms with Gasteiger partial charge in [-0.15, -0.1) is 0 Å². The number of halogens is 1. The maximum atomic E-state index is 12.7. The van der Waals surface area contributed by atoms with Gasteiger partial charge in [0.1, 0.15) is 30.2 Å². The molecule has 0 fully saturated rings. The molecular weight excluding hydrogens is 677 g/mol. The van der Waals surface area contributed by atoms with Crippen LogP contribution in [0, 0.1) is 0 Å². The van der Waals surface area contributed by atoms with Crippen molar-refractivity contribution >= 4 is 59.5 Å². The minimum atomic E-state index is -1.64. The van der Waals surface area contributed by atoms with Crippen molar-refractivity contribution < 1.29 is 72.8 Å². The van der Waals surface area contributed by atoms with E-state index in [2.05, 4.69) is 26.6 Å². The molecule has 282 valence electrons. The molecule has 12 N–H and O–H groups in total. The molecule has 0 spiro atoms. The standard InChI is InChI=1S/C28H44FN7O14/c1-14(37)32-16(25(43)44)6-10-21(39)34-18(27(47)48)8-12-23(41)35-19(28(49)50)7-11-22(40)33-17(26(45)46)5-9-20(38)31-13-3-2-4-15(36-30)24(29)42/h15-19,36H,2-13,30H2,1H3,(H,31,38)(H,32,37)(H,33,40)(H,34,39)(H,35,41)(H,43,44)(H,45,46)(H,47,48)(H,49,50). The number of nitrogens with one attached hydrogen (secondary N) is 6. The van der Waals surface area contributed by atoms with Gasteiger partial charge in [-0.1, -0.05) is 0 Å². The molecule has 5 amide bonds. The van der Waals surface area contributed by atoms with E-state index in [0.29, 0.717) is 12.8 Å². The molecule has 0 aliphatic rings. The summed E-state index contributed by atoms with van der Waals surface area (Å²) in [5.74, 6) is -4.87. The lowest BCUT2D eigenvalue weighted by Crippen LogP contribution is -2.45. The number of rotatable bonds is 27. The minimum Gasteiger partial charge on any atom is -0.480 e. The van der Waals surface area contributed by atoms with Crippen LogP contribution in [-0.4, -0.2) is 117 Å². The van der Waals surface area contributed by atoms with Gasteiger partial charge < -0.3 is 47.0 Å². The summed E-state index contributed by atoms with van der Waals surface area (Å²) in [6.45, 7) is 1.21. The van der Waals surface area contributed by atoms with Gasteiger partial charge in [-0.3, -0.25) is 34.6 Å². The number of carbonyl (C=O) groups excluding carboxylic acids is 6. The van der Waals surface area contributed by atoms with Crippen molar-refractivity contribution in [2.24, 2.45) is 5.84 Å².